The van der Waals surface area contributed by atoms with Crippen molar-refractivity contribution < 1.29 is 9.66 Å². The number of rotatable bonds is 4. The third-order valence-corrected chi connectivity index (χ3v) is 3.49. The average Bonchev–Trinajstić information content (AvgIpc) is 2.54. The Morgan fingerprint density at radius 1 is 1.33 bits per heavy atom. The number of nitro groups is 1. The number of fused-ring (bicyclic) bond motifs is 1. The topological polar surface area (TPSA) is 124 Å². The molecule has 0 bridgehead atoms. The van der Waals surface area contributed by atoms with Gasteiger partial charge in [0.05, 0.1) is 28.0 Å². The third kappa shape index (κ3) is 2.65. The monoisotopic (exact) mass is 326 g/mol. The van der Waals surface area contributed by atoms with E-state index in [-0.39, 0.29) is 22.3 Å². The van der Waals surface area contributed by atoms with Gasteiger partial charge in [-0.1, -0.05) is 12.1 Å². The van der Waals surface area contributed by atoms with Gasteiger partial charge in [0, 0.05) is 6.07 Å². The number of aromatic amines is 1. The lowest BCUT2D eigenvalue weighted by atomic mass is 10.1. The predicted molar refractivity (Wildman–Crippen MR) is 90.0 cm³/mol. The molecule has 0 aliphatic heterocycles. The SMILES string of the molecule is CCOc1ccccc1-c1nc2cc(N)c([N+](=O)[O-])cc2c(=O)[nH]1. The molecule has 2 aromatic carbocycles. The zero-order valence-electron chi connectivity index (χ0n) is 12.8. The Balaban J connectivity index is 2.24. The molecule has 0 saturated heterocycles. The number of nitro benzene ring substituents is 1. The van der Waals surface area contributed by atoms with E-state index in [2.05, 4.69) is 9.97 Å². The maximum absolute atomic E-state index is 12.3. The molecule has 0 unspecified atom stereocenters. The molecule has 0 radical (unpaired) electrons. The van der Waals surface area contributed by atoms with Crippen molar-refractivity contribution in [3.8, 4) is 17.1 Å². The van der Waals surface area contributed by atoms with Gasteiger partial charge in [-0.3, -0.25) is 14.9 Å². The molecule has 0 spiro atoms. The summed E-state index contributed by atoms with van der Waals surface area (Å²) in [5.41, 5.74) is 5.74. The highest BCUT2D eigenvalue weighted by atomic mass is 16.6. The first-order chi connectivity index (χ1) is 11.5. The smallest absolute Gasteiger partial charge is 0.293 e. The summed E-state index contributed by atoms with van der Waals surface area (Å²) < 4.78 is 5.54. The van der Waals surface area contributed by atoms with Crippen molar-refractivity contribution in [1.82, 2.24) is 9.97 Å². The lowest BCUT2D eigenvalue weighted by Crippen LogP contribution is -2.11. The summed E-state index contributed by atoms with van der Waals surface area (Å²) >= 11 is 0. The number of aromatic nitrogens is 2. The van der Waals surface area contributed by atoms with Crippen LogP contribution in [0.25, 0.3) is 22.3 Å². The van der Waals surface area contributed by atoms with Crippen molar-refractivity contribution >= 4 is 22.3 Å². The lowest BCUT2D eigenvalue weighted by molar-refractivity contribution is -0.383. The van der Waals surface area contributed by atoms with Crippen molar-refractivity contribution in [3.05, 3.63) is 56.9 Å². The Morgan fingerprint density at radius 2 is 2.08 bits per heavy atom. The molecule has 3 rings (SSSR count). The van der Waals surface area contributed by atoms with Gasteiger partial charge in [0.15, 0.2) is 0 Å². The number of para-hydroxylation sites is 1. The average molecular weight is 326 g/mol. The minimum Gasteiger partial charge on any atom is -0.493 e. The van der Waals surface area contributed by atoms with Crippen molar-refractivity contribution in [3.63, 3.8) is 0 Å². The molecule has 1 aromatic heterocycles. The highest BCUT2D eigenvalue weighted by molar-refractivity contribution is 5.87. The van der Waals surface area contributed by atoms with Crippen LogP contribution in [-0.4, -0.2) is 21.5 Å². The maximum atomic E-state index is 12.3. The second-order valence-corrected chi connectivity index (χ2v) is 5.03. The number of nitrogen functional groups attached to an aromatic ring is 1. The molecule has 8 nitrogen and oxygen atoms in total. The third-order valence-electron chi connectivity index (χ3n) is 3.49. The zero-order valence-corrected chi connectivity index (χ0v) is 12.8. The molecule has 122 valence electrons. The Kier molecular flexibility index (Phi) is 3.87. The molecule has 3 aromatic rings. The number of nitrogens with one attached hydrogen (secondary N) is 1. The van der Waals surface area contributed by atoms with E-state index < -0.39 is 10.5 Å². The molecule has 0 atom stereocenters. The quantitative estimate of drug-likeness (QED) is 0.431. The fourth-order valence-corrected chi connectivity index (χ4v) is 2.42. The summed E-state index contributed by atoms with van der Waals surface area (Å²) in [6.45, 7) is 2.32. The van der Waals surface area contributed by atoms with Crippen LogP contribution in [0.5, 0.6) is 5.75 Å². The number of benzene rings is 2. The molecule has 0 aliphatic carbocycles. The van der Waals surface area contributed by atoms with E-state index in [4.69, 9.17) is 10.5 Å². The highest BCUT2D eigenvalue weighted by Gasteiger charge is 2.17. The van der Waals surface area contributed by atoms with E-state index in [0.29, 0.717) is 23.7 Å². The second-order valence-electron chi connectivity index (χ2n) is 5.03. The van der Waals surface area contributed by atoms with Crippen LogP contribution in [0.3, 0.4) is 0 Å². The summed E-state index contributed by atoms with van der Waals surface area (Å²) in [4.78, 5) is 29.7. The molecule has 0 amide bonds. The zero-order chi connectivity index (χ0) is 17.3. The highest BCUT2D eigenvalue weighted by Crippen LogP contribution is 2.29. The predicted octanol–water partition coefficient (Wildman–Crippen LogP) is 2.48. The molecule has 3 N–H and O–H groups in total. The molecular weight excluding hydrogens is 312 g/mol. The molecule has 24 heavy (non-hydrogen) atoms. The molecule has 0 aliphatic rings. The van der Waals surface area contributed by atoms with E-state index >= 15 is 0 Å². The van der Waals surface area contributed by atoms with Gasteiger partial charge in [-0.2, -0.15) is 0 Å². The van der Waals surface area contributed by atoms with Crippen LogP contribution < -0.4 is 16.0 Å². The first kappa shape index (κ1) is 15.5. The van der Waals surface area contributed by atoms with Gasteiger partial charge >= 0.3 is 0 Å². The number of nitrogens with zero attached hydrogens (tertiary/aromatic N) is 2. The molecule has 1 heterocycles. The summed E-state index contributed by atoms with van der Waals surface area (Å²) in [6.07, 6.45) is 0. The first-order valence-electron chi connectivity index (χ1n) is 7.21. The van der Waals surface area contributed by atoms with Crippen LogP contribution in [0.1, 0.15) is 6.92 Å². The standard InChI is InChI=1S/C16H14N4O4/c1-2-24-14-6-4-3-5-9(14)15-18-12-8-11(17)13(20(22)23)7-10(12)16(21)19-15/h3-8H,2,17H2,1H3,(H,18,19,21). The Morgan fingerprint density at radius 3 is 2.79 bits per heavy atom. The fourth-order valence-electron chi connectivity index (χ4n) is 2.42. The van der Waals surface area contributed by atoms with E-state index in [0.717, 1.165) is 6.07 Å². The summed E-state index contributed by atoms with van der Waals surface area (Å²) in [5.74, 6) is 0.891. The van der Waals surface area contributed by atoms with Crippen LogP contribution in [-0.2, 0) is 0 Å². The summed E-state index contributed by atoms with van der Waals surface area (Å²) in [6, 6.07) is 9.61. The van der Waals surface area contributed by atoms with Gasteiger partial charge in [-0.25, -0.2) is 4.98 Å². The van der Waals surface area contributed by atoms with Crippen molar-refractivity contribution in [1.29, 1.82) is 0 Å². The Hall–Kier alpha value is -3.42. The van der Waals surface area contributed by atoms with E-state index in [9.17, 15) is 14.9 Å². The molecular formula is C16H14N4O4. The number of ether oxygens (including phenoxy) is 1. The number of nitrogens with two attached hydrogens (primary N) is 1. The minimum atomic E-state index is -0.632. The van der Waals surface area contributed by atoms with Crippen molar-refractivity contribution in [2.24, 2.45) is 0 Å². The maximum Gasteiger partial charge on any atom is 0.293 e. The van der Waals surface area contributed by atoms with Crippen molar-refractivity contribution in [2.75, 3.05) is 12.3 Å². The van der Waals surface area contributed by atoms with Crippen LogP contribution >= 0.6 is 0 Å². The van der Waals surface area contributed by atoms with Gasteiger partial charge in [0.1, 0.15) is 17.3 Å². The van der Waals surface area contributed by atoms with Gasteiger partial charge in [0.25, 0.3) is 11.2 Å². The summed E-state index contributed by atoms with van der Waals surface area (Å²) in [7, 11) is 0. The normalized spacial score (nSPS) is 10.7. The number of anilines is 1. The molecule has 0 fully saturated rings. The Bertz CT molecular complexity index is 997. The van der Waals surface area contributed by atoms with Gasteiger partial charge in [0.2, 0.25) is 0 Å². The fraction of sp³-hybridized carbons (Fsp3) is 0.125. The number of hydrogen-bond acceptors (Lipinski definition) is 6. The molecule has 8 heteroatoms. The van der Waals surface area contributed by atoms with Gasteiger partial charge in [-0.05, 0) is 25.1 Å². The first-order valence-corrected chi connectivity index (χ1v) is 7.21. The van der Waals surface area contributed by atoms with Crippen LogP contribution in [0.15, 0.2) is 41.2 Å². The second kappa shape index (κ2) is 5.99. The van der Waals surface area contributed by atoms with E-state index in [1.54, 1.807) is 18.2 Å². The minimum absolute atomic E-state index is 0.0466. The van der Waals surface area contributed by atoms with Gasteiger partial charge < -0.3 is 15.5 Å². The largest absolute Gasteiger partial charge is 0.493 e. The van der Waals surface area contributed by atoms with Crippen molar-refractivity contribution in [2.45, 2.75) is 6.92 Å². The Labute approximate surface area is 136 Å². The lowest BCUT2D eigenvalue weighted by Gasteiger charge is -2.10. The molecule has 0 saturated carbocycles. The van der Waals surface area contributed by atoms with E-state index in [1.807, 2.05) is 13.0 Å². The van der Waals surface area contributed by atoms with Crippen LogP contribution in [0.4, 0.5) is 11.4 Å². The number of hydrogen-bond donors (Lipinski definition) is 2. The van der Waals surface area contributed by atoms with Crippen LogP contribution in [0.2, 0.25) is 0 Å². The van der Waals surface area contributed by atoms with E-state index in [1.165, 1.54) is 6.07 Å². The van der Waals surface area contributed by atoms with Crippen LogP contribution in [0, 0.1) is 10.1 Å². The van der Waals surface area contributed by atoms with Gasteiger partial charge in [-0.15, -0.1) is 0 Å². The number of H-pyrrole nitrogens is 1. The summed E-state index contributed by atoms with van der Waals surface area (Å²) in [5, 5.41) is 11.1.